The molecule has 5 heteroatoms. The van der Waals surface area contributed by atoms with Crippen molar-refractivity contribution in [2.75, 3.05) is 5.73 Å². The highest BCUT2D eigenvalue weighted by Gasteiger charge is 2.51. The number of amides is 1. The van der Waals surface area contributed by atoms with E-state index in [1.807, 2.05) is 6.07 Å². The van der Waals surface area contributed by atoms with Crippen LogP contribution in [0.15, 0.2) is 30.3 Å². The molecule has 0 aromatic heterocycles. The zero-order valence-electron chi connectivity index (χ0n) is 9.72. The van der Waals surface area contributed by atoms with Crippen LogP contribution in [0, 0.1) is 0 Å². The lowest BCUT2D eigenvalue weighted by molar-refractivity contribution is -0.142. The Morgan fingerprint density at radius 3 is 2.67 bits per heavy atom. The fourth-order valence-electron chi connectivity index (χ4n) is 1.63. The molecule has 1 saturated carbocycles. The average Bonchev–Trinajstić information content (AvgIpc) is 3.08. The molecule has 4 N–H and O–H groups in total. The third-order valence-corrected chi connectivity index (χ3v) is 2.86. The van der Waals surface area contributed by atoms with Crippen molar-refractivity contribution in [3.05, 3.63) is 35.9 Å². The first-order valence-corrected chi connectivity index (χ1v) is 5.61. The molecule has 1 aliphatic carbocycles. The van der Waals surface area contributed by atoms with Gasteiger partial charge < -0.3 is 16.2 Å². The number of nitrogens with one attached hydrogen (secondary N) is 1. The number of carboxylic acids is 1. The molecule has 1 aliphatic rings. The van der Waals surface area contributed by atoms with Crippen molar-refractivity contribution < 1.29 is 14.7 Å². The molecule has 0 spiro atoms. The van der Waals surface area contributed by atoms with E-state index < -0.39 is 17.4 Å². The van der Waals surface area contributed by atoms with Crippen LogP contribution in [0.25, 0.3) is 6.08 Å². The number of nitrogens with two attached hydrogens (primary N) is 1. The van der Waals surface area contributed by atoms with Crippen molar-refractivity contribution in [2.24, 2.45) is 0 Å². The molecular formula is C13H14N2O3. The fourth-order valence-corrected chi connectivity index (χ4v) is 1.63. The number of hydrogen-bond acceptors (Lipinski definition) is 3. The number of carbonyl (C=O) groups excluding carboxylic acids is 1. The summed E-state index contributed by atoms with van der Waals surface area (Å²) in [6.45, 7) is 0. The number of nitrogen functional groups attached to an aromatic ring is 1. The number of aliphatic carboxylic acids is 1. The highest BCUT2D eigenvalue weighted by atomic mass is 16.4. The number of carboxylic acid groups (broad SMARTS) is 1. The zero-order valence-corrected chi connectivity index (χ0v) is 9.72. The molecule has 1 amide bonds. The van der Waals surface area contributed by atoms with Crippen LogP contribution in [0.2, 0.25) is 0 Å². The molecule has 0 aliphatic heterocycles. The first kappa shape index (κ1) is 12.2. The van der Waals surface area contributed by atoms with Gasteiger partial charge in [-0.2, -0.15) is 0 Å². The second-order valence-corrected chi connectivity index (χ2v) is 4.38. The molecule has 0 heterocycles. The van der Waals surface area contributed by atoms with E-state index in [1.165, 1.54) is 6.08 Å². The van der Waals surface area contributed by atoms with Crippen LogP contribution in [0.5, 0.6) is 0 Å². The number of benzene rings is 1. The molecule has 18 heavy (non-hydrogen) atoms. The summed E-state index contributed by atoms with van der Waals surface area (Å²) < 4.78 is 0. The molecule has 1 fully saturated rings. The Hall–Kier alpha value is -2.30. The molecule has 94 valence electrons. The smallest absolute Gasteiger partial charge is 0.329 e. The van der Waals surface area contributed by atoms with Crippen LogP contribution >= 0.6 is 0 Å². The van der Waals surface area contributed by atoms with Crippen LogP contribution in [0.3, 0.4) is 0 Å². The van der Waals surface area contributed by atoms with Gasteiger partial charge in [-0.15, -0.1) is 0 Å². The molecule has 2 rings (SSSR count). The van der Waals surface area contributed by atoms with E-state index in [0.717, 1.165) is 5.56 Å². The molecule has 0 radical (unpaired) electrons. The first-order valence-electron chi connectivity index (χ1n) is 5.61. The molecular weight excluding hydrogens is 232 g/mol. The Morgan fingerprint density at radius 1 is 1.39 bits per heavy atom. The van der Waals surface area contributed by atoms with Crippen molar-refractivity contribution in [2.45, 2.75) is 18.4 Å². The lowest BCUT2D eigenvalue weighted by Gasteiger charge is -2.09. The number of anilines is 1. The van der Waals surface area contributed by atoms with Gasteiger partial charge in [-0.1, -0.05) is 12.1 Å². The minimum atomic E-state index is -1.04. The maximum atomic E-state index is 11.6. The van der Waals surface area contributed by atoms with E-state index in [2.05, 4.69) is 5.32 Å². The lowest BCUT2D eigenvalue weighted by Crippen LogP contribution is -2.42. The SMILES string of the molecule is Nc1cccc(/C=C/C(=O)NC2(C(=O)O)CC2)c1. The standard InChI is InChI=1S/C13H14N2O3/c14-10-3-1-2-9(8-10)4-5-11(16)15-13(6-7-13)12(17)18/h1-5,8H,6-7,14H2,(H,15,16)(H,17,18)/b5-4+. The van der Waals surface area contributed by atoms with Gasteiger partial charge in [0.05, 0.1) is 0 Å². The predicted molar refractivity (Wildman–Crippen MR) is 67.6 cm³/mol. The Balaban J connectivity index is 1.98. The van der Waals surface area contributed by atoms with Crippen molar-refractivity contribution in [1.82, 2.24) is 5.32 Å². The van der Waals surface area contributed by atoms with Crippen LogP contribution in [-0.2, 0) is 9.59 Å². The quantitative estimate of drug-likeness (QED) is 0.546. The van der Waals surface area contributed by atoms with E-state index in [1.54, 1.807) is 24.3 Å². The van der Waals surface area contributed by atoms with Crippen molar-refractivity contribution in [3.8, 4) is 0 Å². The summed E-state index contributed by atoms with van der Waals surface area (Å²) in [5, 5.41) is 11.4. The zero-order chi connectivity index (χ0) is 13.2. The Labute approximate surface area is 104 Å². The molecule has 0 saturated heterocycles. The van der Waals surface area contributed by atoms with Gasteiger partial charge in [0.1, 0.15) is 5.54 Å². The molecule has 1 aromatic rings. The van der Waals surface area contributed by atoms with E-state index in [-0.39, 0.29) is 0 Å². The van der Waals surface area contributed by atoms with Crippen LogP contribution in [0.1, 0.15) is 18.4 Å². The van der Waals surface area contributed by atoms with Gasteiger partial charge in [-0.25, -0.2) is 4.79 Å². The minimum absolute atomic E-state index is 0.405. The van der Waals surface area contributed by atoms with Gasteiger partial charge in [-0.3, -0.25) is 4.79 Å². The van der Waals surface area contributed by atoms with Gasteiger partial charge in [0.25, 0.3) is 0 Å². The van der Waals surface area contributed by atoms with Gasteiger partial charge in [0.15, 0.2) is 0 Å². The van der Waals surface area contributed by atoms with Gasteiger partial charge in [0, 0.05) is 11.8 Å². The van der Waals surface area contributed by atoms with Gasteiger partial charge >= 0.3 is 5.97 Å². The largest absolute Gasteiger partial charge is 0.480 e. The molecule has 5 nitrogen and oxygen atoms in total. The van der Waals surface area contributed by atoms with E-state index >= 15 is 0 Å². The van der Waals surface area contributed by atoms with Crippen molar-refractivity contribution >= 4 is 23.6 Å². The summed E-state index contributed by atoms with van der Waals surface area (Å²) in [5.41, 5.74) is 5.97. The van der Waals surface area contributed by atoms with Crippen LogP contribution in [-0.4, -0.2) is 22.5 Å². The van der Waals surface area contributed by atoms with Crippen LogP contribution in [0.4, 0.5) is 5.69 Å². The summed E-state index contributed by atoms with van der Waals surface area (Å²) in [5.74, 6) is -1.38. The average molecular weight is 246 g/mol. The predicted octanol–water partition coefficient (Wildman–Crippen LogP) is 1.02. The third-order valence-electron chi connectivity index (χ3n) is 2.86. The summed E-state index contributed by atoms with van der Waals surface area (Å²) in [6.07, 6.45) is 3.89. The van der Waals surface area contributed by atoms with Gasteiger partial charge in [-0.05, 0) is 36.6 Å². The number of carbonyl (C=O) groups is 2. The Bertz CT molecular complexity index is 519. The topological polar surface area (TPSA) is 92.4 Å². The van der Waals surface area contributed by atoms with Crippen LogP contribution < -0.4 is 11.1 Å². The highest BCUT2D eigenvalue weighted by Crippen LogP contribution is 2.35. The summed E-state index contributed by atoms with van der Waals surface area (Å²) >= 11 is 0. The maximum absolute atomic E-state index is 11.6. The monoisotopic (exact) mass is 246 g/mol. The van der Waals surface area contributed by atoms with Crippen molar-refractivity contribution in [1.29, 1.82) is 0 Å². The van der Waals surface area contributed by atoms with E-state index in [0.29, 0.717) is 18.5 Å². The molecule has 0 unspecified atom stereocenters. The van der Waals surface area contributed by atoms with Gasteiger partial charge in [0.2, 0.25) is 5.91 Å². The number of hydrogen-bond donors (Lipinski definition) is 3. The van der Waals surface area contributed by atoms with E-state index in [4.69, 9.17) is 10.8 Å². The second kappa shape index (κ2) is 4.52. The normalized spacial score (nSPS) is 16.4. The molecule has 0 bridgehead atoms. The Morgan fingerprint density at radius 2 is 2.11 bits per heavy atom. The summed E-state index contributed by atoms with van der Waals surface area (Å²) in [4.78, 5) is 22.5. The highest BCUT2D eigenvalue weighted by molar-refractivity contribution is 5.97. The second-order valence-electron chi connectivity index (χ2n) is 4.38. The summed E-state index contributed by atoms with van der Waals surface area (Å²) in [7, 11) is 0. The Kier molecular flexibility index (Phi) is 3.06. The maximum Gasteiger partial charge on any atom is 0.329 e. The van der Waals surface area contributed by atoms with E-state index in [9.17, 15) is 9.59 Å². The minimum Gasteiger partial charge on any atom is -0.480 e. The summed E-state index contributed by atoms with van der Waals surface area (Å²) in [6, 6.07) is 7.08. The fraction of sp³-hybridized carbons (Fsp3) is 0.231. The molecule has 0 atom stereocenters. The first-order chi connectivity index (χ1) is 8.52. The number of rotatable bonds is 4. The third kappa shape index (κ3) is 2.68. The lowest BCUT2D eigenvalue weighted by atomic mass is 10.2. The van der Waals surface area contributed by atoms with Crippen molar-refractivity contribution in [3.63, 3.8) is 0 Å². The molecule has 1 aromatic carbocycles.